The highest BCUT2D eigenvalue weighted by Crippen LogP contribution is 2.48. The Morgan fingerprint density at radius 3 is 2.46 bits per heavy atom. The Kier molecular flexibility index (Phi) is 4.22. The quantitative estimate of drug-likeness (QED) is 0.834. The maximum atomic E-state index is 14.4. The summed E-state index contributed by atoms with van der Waals surface area (Å²) in [7, 11) is 0. The molecule has 1 spiro atoms. The third-order valence-electron chi connectivity index (χ3n) is 5.10. The Hall–Kier alpha value is -2.55. The van der Waals surface area contributed by atoms with Crippen LogP contribution in [0.25, 0.3) is 0 Å². The number of carbonyl (C=O) groups is 2. The van der Waals surface area contributed by atoms with E-state index in [4.69, 9.17) is 0 Å². The summed E-state index contributed by atoms with van der Waals surface area (Å²) < 4.78 is 28.7. The van der Waals surface area contributed by atoms with Gasteiger partial charge in [0.1, 0.15) is 6.07 Å². The second-order valence-electron chi connectivity index (χ2n) is 7.95. The first-order valence-electron chi connectivity index (χ1n) is 8.48. The summed E-state index contributed by atoms with van der Waals surface area (Å²) in [5.74, 6) is -4.91. The van der Waals surface area contributed by atoms with E-state index in [1.165, 1.54) is 0 Å². The number of likely N-dealkylation sites (tertiary alicyclic amines) is 1. The number of Topliss-reactive ketones (excluding diaryl/α,β-unsaturated/α-hetero) is 1. The van der Waals surface area contributed by atoms with E-state index < -0.39 is 29.1 Å². The van der Waals surface area contributed by atoms with Crippen molar-refractivity contribution in [2.45, 2.75) is 32.6 Å². The van der Waals surface area contributed by atoms with Crippen molar-refractivity contribution in [2.75, 3.05) is 13.1 Å². The Balaban J connectivity index is 1.73. The molecular weight excluding hydrogens is 338 g/mol. The molecule has 1 aliphatic carbocycles. The number of halogens is 2. The summed E-state index contributed by atoms with van der Waals surface area (Å²) in [5, 5.41) is 9.17. The first-order valence-corrected chi connectivity index (χ1v) is 8.48. The first kappa shape index (κ1) is 18.2. The number of hydrogen-bond acceptors (Lipinski definition) is 3. The molecule has 1 aliphatic heterocycles. The molecule has 3 rings (SSSR count). The molecule has 0 unspecified atom stereocenters. The van der Waals surface area contributed by atoms with Crippen LogP contribution in [0.4, 0.5) is 8.78 Å². The van der Waals surface area contributed by atoms with Crippen molar-refractivity contribution in [3.8, 4) is 6.07 Å². The lowest BCUT2D eigenvalue weighted by Crippen LogP contribution is -2.63. The monoisotopic (exact) mass is 358 g/mol. The van der Waals surface area contributed by atoms with E-state index in [9.17, 15) is 23.6 Å². The highest BCUT2D eigenvalue weighted by Gasteiger charge is 2.55. The lowest BCUT2D eigenvalue weighted by atomic mass is 9.61. The fourth-order valence-corrected chi connectivity index (χ4v) is 4.05. The topological polar surface area (TPSA) is 61.2 Å². The van der Waals surface area contributed by atoms with E-state index in [1.54, 1.807) is 50.3 Å². The number of carbonyl (C=O) groups excluding carboxylic acids is 2. The molecule has 0 aromatic heterocycles. The lowest BCUT2D eigenvalue weighted by molar-refractivity contribution is -0.169. The molecule has 0 saturated carbocycles. The smallest absolute Gasteiger partial charge is 0.328 e. The number of nitriles is 1. The maximum absolute atomic E-state index is 14.4. The number of allylic oxidation sites excluding steroid dienone is 1. The molecule has 0 bridgehead atoms. The number of hydrogen-bond donors (Lipinski definition) is 0. The Bertz CT molecular complexity index is 816. The number of amides is 1. The number of nitrogens with zero attached hydrogens (tertiary/aromatic N) is 2. The van der Waals surface area contributed by atoms with E-state index in [-0.39, 0.29) is 24.4 Å². The minimum absolute atomic E-state index is 0.0596. The molecule has 2 aliphatic rings. The summed E-state index contributed by atoms with van der Waals surface area (Å²) in [4.78, 5) is 25.6. The molecule has 0 N–H and O–H groups in total. The second kappa shape index (κ2) is 6.01. The van der Waals surface area contributed by atoms with Crippen LogP contribution >= 0.6 is 0 Å². The van der Waals surface area contributed by atoms with Crippen LogP contribution < -0.4 is 0 Å². The number of rotatable bonds is 3. The van der Waals surface area contributed by atoms with Gasteiger partial charge < -0.3 is 4.90 Å². The van der Waals surface area contributed by atoms with Crippen LogP contribution in [-0.4, -0.2) is 35.6 Å². The van der Waals surface area contributed by atoms with Crippen molar-refractivity contribution in [2.24, 2.45) is 10.8 Å². The Labute approximate surface area is 151 Å². The van der Waals surface area contributed by atoms with Gasteiger partial charge in [-0.1, -0.05) is 50.3 Å². The summed E-state index contributed by atoms with van der Waals surface area (Å²) >= 11 is 0. The van der Waals surface area contributed by atoms with Gasteiger partial charge in [-0.05, 0) is 12.0 Å². The van der Waals surface area contributed by atoms with Gasteiger partial charge in [0.25, 0.3) is 5.91 Å². The van der Waals surface area contributed by atoms with Crippen LogP contribution in [0.1, 0.15) is 25.8 Å². The molecule has 0 radical (unpaired) electrons. The van der Waals surface area contributed by atoms with Crippen molar-refractivity contribution in [3.05, 3.63) is 47.5 Å². The zero-order chi connectivity index (χ0) is 19.2. The molecule has 1 saturated heterocycles. The zero-order valence-electron chi connectivity index (χ0n) is 14.8. The van der Waals surface area contributed by atoms with E-state index in [0.29, 0.717) is 12.0 Å². The van der Waals surface area contributed by atoms with Gasteiger partial charge in [-0.15, -0.1) is 0 Å². The molecule has 4 nitrogen and oxygen atoms in total. The third kappa shape index (κ3) is 3.14. The predicted molar refractivity (Wildman–Crippen MR) is 91.2 cm³/mol. The van der Waals surface area contributed by atoms with Crippen LogP contribution in [0.2, 0.25) is 0 Å². The fourth-order valence-electron chi connectivity index (χ4n) is 4.05. The van der Waals surface area contributed by atoms with Gasteiger partial charge in [-0.3, -0.25) is 9.59 Å². The SMILES string of the molecule is CC1(C)CC2(C=C(C#N)C1=O)CN(C(=O)C(F)(F)Cc1ccccc1)C2. The zero-order valence-corrected chi connectivity index (χ0v) is 14.8. The first-order chi connectivity index (χ1) is 12.1. The third-order valence-corrected chi connectivity index (χ3v) is 5.10. The average Bonchev–Trinajstić information content (AvgIpc) is 2.55. The van der Waals surface area contributed by atoms with E-state index in [0.717, 1.165) is 4.90 Å². The second-order valence-corrected chi connectivity index (χ2v) is 7.95. The van der Waals surface area contributed by atoms with Crippen LogP contribution in [0.3, 0.4) is 0 Å². The number of benzene rings is 1. The molecule has 1 aromatic carbocycles. The molecular formula is C20H20F2N2O2. The van der Waals surface area contributed by atoms with E-state index >= 15 is 0 Å². The van der Waals surface area contributed by atoms with Gasteiger partial charge in [0.2, 0.25) is 0 Å². The Morgan fingerprint density at radius 1 is 1.27 bits per heavy atom. The highest BCUT2D eigenvalue weighted by atomic mass is 19.3. The fraction of sp³-hybridized carbons (Fsp3) is 0.450. The van der Waals surface area contributed by atoms with Gasteiger partial charge in [-0.25, -0.2) is 0 Å². The minimum Gasteiger partial charge on any atom is -0.336 e. The molecule has 1 aromatic rings. The van der Waals surface area contributed by atoms with Crippen LogP contribution in [0.5, 0.6) is 0 Å². The standard InChI is InChI=1S/C20H20F2N2O2/c1-18(2)11-19(9-15(10-23)16(18)25)12-24(13-19)17(26)20(21,22)8-14-6-4-3-5-7-14/h3-7,9H,8,11-13H2,1-2H3. The molecule has 1 fully saturated rings. The molecule has 1 amide bonds. The molecule has 6 heteroatoms. The van der Waals surface area contributed by atoms with Crippen molar-refractivity contribution in [1.29, 1.82) is 5.26 Å². The van der Waals surface area contributed by atoms with E-state index in [2.05, 4.69) is 0 Å². The summed E-state index contributed by atoms with van der Waals surface area (Å²) in [6.07, 6.45) is 1.37. The van der Waals surface area contributed by atoms with Crippen molar-refractivity contribution >= 4 is 11.7 Å². The highest BCUT2D eigenvalue weighted by molar-refractivity contribution is 6.04. The van der Waals surface area contributed by atoms with Gasteiger partial charge in [0.05, 0.1) is 5.57 Å². The van der Waals surface area contributed by atoms with Crippen LogP contribution in [0.15, 0.2) is 42.0 Å². The van der Waals surface area contributed by atoms with E-state index in [1.807, 2.05) is 6.07 Å². The van der Waals surface area contributed by atoms with Crippen molar-refractivity contribution in [1.82, 2.24) is 4.90 Å². The summed E-state index contributed by atoms with van der Waals surface area (Å²) in [6, 6.07) is 10.1. The maximum Gasteiger partial charge on any atom is 0.328 e. The van der Waals surface area contributed by atoms with Crippen molar-refractivity contribution < 1.29 is 18.4 Å². The van der Waals surface area contributed by atoms with Gasteiger partial charge >= 0.3 is 5.92 Å². The minimum atomic E-state index is -3.48. The Morgan fingerprint density at radius 2 is 1.88 bits per heavy atom. The van der Waals surface area contributed by atoms with Gasteiger partial charge in [-0.2, -0.15) is 14.0 Å². The summed E-state index contributed by atoms with van der Waals surface area (Å²) in [6.45, 7) is 3.71. The summed E-state index contributed by atoms with van der Waals surface area (Å²) in [5.41, 5.74) is -0.843. The normalized spacial score (nSPS) is 21.0. The lowest BCUT2D eigenvalue weighted by Gasteiger charge is -2.53. The van der Waals surface area contributed by atoms with Crippen molar-refractivity contribution in [3.63, 3.8) is 0 Å². The molecule has 26 heavy (non-hydrogen) atoms. The molecule has 1 heterocycles. The van der Waals surface area contributed by atoms with Gasteiger partial charge in [0.15, 0.2) is 5.78 Å². The average molecular weight is 358 g/mol. The number of ketones is 1. The largest absolute Gasteiger partial charge is 0.336 e. The van der Waals surface area contributed by atoms with Gasteiger partial charge in [0, 0.05) is 30.3 Å². The van der Waals surface area contributed by atoms with Crippen LogP contribution in [0, 0.1) is 22.2 Å². The molecule has 0 atom stereocenters. The molecule has 136 valence electrons. The van der Waals surface area contributed by atoms with Crippen LogP contribution in [-0.2, 0) is 16.0 Å². The number of alkyl halides is 2. The predicted octanol–water partition coefficient (Wildman–Crippen LogP) is 3.14.